The Morgan fingerprint density at radius 1 is 1.12 bits per heavy atom. The molecule has 1 atom stereocenters. The van der Waals surface area contributed by atoms with E-state index in [1.165, 1.54) is 6.33 Å². The quantitative estimate of drug-likeness (QED) is 0.617. The number of aromatic nitrogens is 4. The fourth-order valence-corrected chi connectivity index (χ4v) is 3.02. The van der Waals surface area contributed by atoms with Crippen LogP contribution in [0.15, 0.2) is 67.4 Å². The van der Waals surface area contributed by atoms with E-state index in [1.807, 2.05) is 73.3 Å². The third-order valence-electron chi connectivity index (χ3n) is 4.57. The number of amides is 1. The number of aryl methyl sites for hydroxylation is 1. The van der Waals surface area contributed by atoms with Gasteiger partial charge in [-0.25, -0.2) is 9.67 Å². The van der Waals surface area contributed by atoms with E-state index < -0.39 is 0 Å². The van der Waals surface area contributed by atoms with Crippen LogP contribution in [0, 0.1) is 0 Å². The van der Waals surface area contributed by atoms with Crippen LogP contribution < -0.4 is 5.32 Å². The molecule has 0 fully saturated rings. The second-order valence-corrected chi connectivity index (χ2v) is 6.33. The minimum absolute atomic E-state index is 0.0825. The predicted molar refractivity (Wildman–Crippen MR) is 100 cm³/mol. The molecule has 0 aliphatic heterocycles. The van der Waals surface area contributed by atoms with E-state index in [0.717, 1.165) is 22.2 Å². The first-order chi connectivity index (χ1) is 12.6. The molecule has 0 saturated carbocycles. The van der Waals surface area contributed by atoms with Crippen LogP contribution in [0.25, 0.3) is 16.6 Å². The van der Waals surface area contributed by atoms with E-state index in [-0.39, 0.29) is 11.9 Å². The van der Waals surface area contributed by atoms with Crippen LogP contribution >= 0.6 is 0 Å². The molecule has 6 nitrogen and oxygen atoms in total. The van der Waals surface area contributed by atoms with Crippen LogP contribution in [-0.2, 0) is 7.05 Å². The lowest BCUT2D eigenvalue weighted by Gasteiger charge is -2.15. The summed E-state index contributed by atoms with van der Waals surface area (Å²) >= 11 is 0. The van der Waals surface area contributed by atoms with Crippen molar-refractivity contribution in [3.05, 3.63) is 78.5 Å². The first-order valence-electron chi connectivity index (χ1n) is 8.43. The second kappa shape index (κ2) is 6.48. The van der Waals surface area contributed by atoms with Crippen LogP contribution in [0.4, 0.5) is 0 Å². The SMILES string of the molecule is C[C@H](NC(=O)c1ccc2ccn(C)c2c1)c1ccc(-n2cncn2)cc1. The van der Waals surface area contributed by atoms with Gasteiger partial charge in [-0.3, -0.25) is 4.79 Å². The van der Waals surface area contributed by atoms with Gasteiger partial charge in [-0.1, -0.05) is 18.2 Å². The number of benzene rings is 2. The highest BCUT2D eigenvalue weighted by Crippen LogP contribution is 2.19. The Morgan fingerprint density at radius 2 is 1.92 bits per heavy atom. The fraction of sp³-hybridized carbons (Fsp3) is 0.150. The Labute approximate surface area is 151 Å². The van der Waals surface area contributed by atoms with Crippen molar-refractivity contribution in [1.29, 1.82) is 0 Å². The van der Waals surface area contributed by atoms with Crippen LogP contribution in [0.3, 0.4) is 0 Å². The van der Waals surface area contributed by atoms with Crippen LogP contribution in [0.5, 0.6) is 0 Å². The second-order valence-electron chi connectivity index (χ2n) is 6.33. The Kier molecular flexibility index (Phi) is 4.01. The van der Waals surface area contributed by atoms with Crippen molar-refractivity contribution in [2.24, 2.45) is 7.05 Å². The van der Waals surface area contributed by atoms with Crippen molar-refractivity contribution in [3.8, 4) is 5.69 Å². The third-order valence-corrected chi connectivity index (χ3v) is 4.57. The van der Waals surface area contributed by atoms with Gasteiger partial charge in [0.2, 0.25) is 0 Å². The average Bonchev–Trinajstić information content (AvgIpc) is 3.32. The average molecular weight is 345 g/mol. The van der Waals surface area contributed by atoms with Gasteiger partial charge < -0.3 is 9.88 Å². The molecule has 26 heavy (non-hydrogen) atoms. The van der Waals surface area contributed by atoms with E-state index in [2.05, 4.69) is 15.4 Å². The highest BCUT2D eigenvalue weighted by Gasteiger charge is 2.13. The zero-order valence-electron chi connectivity index (χ0n) is 14.6. The molecule has 2 aromatic carbocycles. The van der Waals surface area contributed by atoms with Gasteiger partial charge in [0.15, 0.2) is 0 Å². The third kappa shape index (κ3) is 2.97. The van der Waals surface area contributed by atoms with Crippen molar-refractivity contribution in [3.63, 3.8) is 0 Å². The Bertz CT molecular complexity index is 1050. The number of carbonyl (C=O) groups excluding carboxylic acids is 1. The summed E-state index contributed by atoms with van der Waals surface area (Å²) in [6.07, 6.45) is 5.14. The lowest BCUT2D eigenvalue weighted by Crippen LogP contribution is -2.26. The van der Waals surface area contributed by atoms with Crippen molar-refractivity contribution in [2.75, 3.05) is 0 Å². The number of nitrogens with one attached hydrogen (secondary N) is 1. The smallest absolute Gasteiger partial charge is 0.251 e. The molecule has 0 bridgehead atoms. The van der Waals surface area contributed by atoms with Crippen molar-refractivity contribution < 1.29 is 4.79 Å². The van der Waals surface area contributed by atoms with E-state index >= 15 is 0 Å². The molecule has 1 amide bonds. The van der Waals surface area contributed by atoms with E-state index in [1.54, 1.807) is 11.0 Å². The summed E-state index contributed by atoms with van der Waals surface area (Å²) in [5.74, 6) is -0.0825. The molecule has 4 aromatic rings. The molecule has 0 saturated heterocycles. The van der Waals surface area contributed by atoms with Gasteiger partial charge in [-0.05, 0) is 48.2 Å². The highest BCUT2D eigenvalue weighted by molar-refractivity contribution is 5.98. The largest absolute Gasteiger partial charge is 0.351 e. The molecule has 4 rings (SSSR count). The molecule has 2 aromatic heterocycles. The lowest BCUT2D eigenvalue weighted by molar-refractivity contribution is 0.0940. The lowest BCUT2D eigenvalue weighted by atomic mass is 10.1. The summed E-state index contributed by atoms with van der Waals surface area (Å²) in [6.45, 7) is 1.98. The summed E-state index contributed by atoms with van der Waals surface area (Å²) in [5.41, 5.74) is 3.66. The molecule has 0 aliphatic carbocycles. The van der Waals surface area contributed by atoms with Gasteiger partial charge in [0.05, 0.1) is 11.7 Å². The van der Waals surface area contributed by atoms with Crippen molar-refractivity contribution in [1.82, 2.24) is 24.6 Å². The number of fused-ring (bicyclic) bond motifs is 1. The van der Waals surface area contributed by atoms with Gasteiger partial charge in [0, 0.05) is 24.3 Å². The Morgan fingerprint density at radius 3 is 2.65 bits per heavy atom. The molecule has 6 heteroatoms. The number of hydrogen-bond acceptors (Lipinski definition) is 3. The minimum atomic E-state index is -0.101. The normalized spacial score (nSPS) is 12.2. The maximum atomic E-state index is 12.6. The summed E-state index contributed by atoms with van der Waals surface area (Å²) < 4.78 is 3.71. The van der Waals surface area contributed by atoms with Crippen LogP contribution in [-0.4, -0.2) is 25.2 Å². The first kappa shape index (κ1) is 16.1. The molecular formula is C20H19N5O. The molecule has 130 valence electrons. The highest BCUT2D eigenvalue weighted by atomic mass is 16.1. The number of hydrogen-bond donors (Lipinski definition) is 1. The summed E-state index contributed by atoms with van der Waals surface area (Å²) in [4.78, 5) is 16.6. The topological polar surface area (TPSA) is 64.7 Å². The number of nitrogens with zero attached hydrogens (tertiary/aromatic N) is 4. The number of carbonyl (C=O) groups is 1. The van der Waals surface area contributed by atoms with E-state index in [0.29, 0.717) is 5.56 Å². The molecule has 0 unspecified atom stereocenters. The Hall–Kier alpha value is -3.41. The fourth-order valence-electron chi connectivity index (χ4n) is 3.02. The molecule has 0 aliphatic rings. The first-order valence-corrected chi connectivity index (χ1v) is 8.43. The zero-order chi connectivity index (χ0) is 18.1. The molecule has 0 spiro atoms. The van der Waals surface area contributed by atoms with Gasteiger partial charge >= 0.3 is 0 Å². The van der Waals surface area contributed by atoms with Gasteiger partial charge in [0.25, 0.3) is 5.91 Å². The van der Waals surface area contributed by atoms with Crippen LogP contribution in [0.1, 0.15) is 28.9 Å². The molecule has 0 radical (unpaired) electrons. The monoisotopic (exact) mass is 345 g/mol. The summed E-state index contributed by atoms with van der Waals surface area (Å²) in [7, 11) is 1.98. The van der Waals surface area contributed by atoms with Crippen molar-refractivity contribution >= 4 is 16.8 Å². The van der Waals surface area contributed by atoms with Gasteiger partial charge in [-0.15, -0.1) is 0 Å². The van der Waals surface area contributed by atoms with Crippen LogP contribution in [0.2, 0.25) is 0 Å². The number of rotatable bonds is 4. The predicted octanol–water partition coefficient (Wildman–Crippen LogP) is 3.25. The maximum Gasteiger partial charge on any atom is 0.251 e. The molecule has 1 N–H and O–H groups in total. The Balaban J connectivity index is 1.50. The zero-order valence-corrected chi connectivity index (χ0v) is 14.6. The summed E-state index contributed by atoms with van der Waals surface area (Å²) in [6, 6.07) is 15.6. The van der Waals surface area contributed by atoms with Gasteiger partial charge in [-0.2, -0.15) is 5.10 Å². The molecular weight excluding hydrogens is 326 g/mol. The maximum absolute atomic E-state index is 12.6. The molecule has 2 heterocycles. The van der Waals surface area contributed by atoms with E-state index in [4.69, 9.17) is 0 Å². The van der Waals surface area contributed by atoms with Crippen molar-refractivity contribution in [2.45, 2.75) is 13.0 Å². The van der Waals surface area contributed by atoms with Gasteiger partial charge in [0.1, 0.15) is 12.7 Å². The summed E-state index contributed by atoms with van der Waals surface area (Å²) in [5, 5.41) is 8.30. The van der Waals surface area contributed by atoms with E-state index in [9.17, 15) is 4.79 Å². The minimum Gasteiger partial charge on any atom is -0.351 e. The standard InChI is InChI=1S/C20H19N5O/c1-14(15-5-7-18(8-6-15)25-13-21-12-22-25)23-20(26)17-4-3-16-9-10-24(2)19(16)11-17/h3-14H,1-2H3,(H,23,26)/t14-/m0/s1.